The standard InChI is InChI=1S/C42H48N6O6/c1-29-23-36-37(43-27-34-5-3-15-48(34)42(36)51)25-39(29)54-19-4-6-40(49)45-33-11-9-31(10-12-33)32-24-38(46(2)28-32)41(50)44-26-30-7-13-35(14-8-30)53-22-18-47-16-20-52-21-17-47/h7-14,23-25,27-28,34H,3-6,15-22,26H2,1-2H3,(H,44,50)(H,45,49)/t34-/m0/s1. The van der Waals surface area contributed by atoms with E-state index >= 15 is 0 Å². The minimum atomic E-state index is -0.163. The van der Waals surface area contributed by atoms with Crippen molar-refractivity contribution in [1.29, 1.82) is 0 Å². The molecular weight excluding hydrogens is 684 g/mol. The molecule has 3 aliphatic rings. The summed E-state index contributed by atoms with van der Waals surface area (Å²) in [5, 5.41) is 5.98. The number of ether oxygens (including phenoxy) is 3. The summed E-state index contributed by atoms with van der Waals surface area (Å²) in [6.45, 7) is 8.38. The zero-order chi connectivity index (χ0) is 37.4. The van der Waals surface area contributed by atoms with Crippen LogP contribution < -0.4 is 20.1 Å². The second kappa shape index (κ2) is 17.1. The first-order valence-corrected chi connectivity index (χ1v) is 18.8. The summed E-state index contributed by atoms with van der Waals surface area (Å²) in [6, 6.07) is 21.0. The monoisotopic (exact) mass is 732 g/mol. The quantitative estimate of drug-likeness (QED) is 0.158. The molecule has 3 aliphatic heterocycles. The fourth-order valence-electron chi connectivity index (χ4n) is 7.06. The normalized spacial score (nSPS) is 16.7. The van der Waals surface area contributed by atoms with Crippen molar-refractivity contribution in [3.8, 4) is 22.6 Å². The maximum Gasteiger partial charge on any atom is 0.268 e. The molecule has 1 atom stereocenters. The van der Waals surface area contributed by atoms with Gasteiger partial charge in [-0.15, -0.1) is 0 Å². The predicted molar refractivity (Wildman–Crippen MR) is 208 cm³/mol. The summed E-state index contributed by atoms with van der Waals surface area (Å²) in [6.07, 6.45) is 6.56. The molecule has 4 aromatic rings. The minimum absolute atomic E-state index is 0.0244. The van der Waals surface area contributed by atoms with E-state index in [1.54, 1.807) is 0 Å². The first kappa shape index (κ1) is 36.9. The number of hydrogen-bond acceptors (Lipinski definition) is 8. The number of fused-ring (bicyclic) bond motifs is 2. The smallest absolute Gasteiger partial charge is 0.268 e. The second-order valence-corrected chi connectivity index (χ2v) is 14.1. The van der Waals surface area contributed by atoms with Gasteiger partial charge in [-0.2, -0.15) is 0 Å². The Morgan fingerprint density at radius 2 is 1.74 bits per heavy atom. The topological polar surface area (TPSA) is 127 Å². The van der Waals surface area contributed by atoms with E-state index in [9.17, 15) is 14.4 Å². The van der Waals surface area contributed by atoms with Gasteiger partial charge < -0.3 is 34.3 Å². The fourth-order valence-corrected chi connectivity index (χ4v) is 7.06. The van der Waals surface area contributed by atoms with Crippen LogP contribution in [0.25, 0.3) is 11.1 Å². The van der Waals surface area contributed by atoms with Crippen LogP contribution in [0.4, 0.5) is 11.4 Å². The molecule has 4 heterocycles. The molecule has 7 rings (SSSR count). The molecule has 0 aliphatic carbocycles. The summed E-state index contributed by atoms with van der Waals surface area (Å²) in [7, 11) is 1.85. The number of nitrogens with zero attached hydrogens (tertiary/aromatic N) is 4. The van der Waals surface area contributed by atoms with Crippen LogP contribution in [0.2, 0.25) is 0 Å². The van der Waals surface area contributed by atoms with E-state index in [2.05, 4.69) is 20.5 Å². The summed E-state index contributed by atoms with van der Waals surface area (Å²) < 4.78 is 19.1. The Morgan fingerprint density at radius 1 is 0.944 bits per heavy atom. The number of rotatable bonds is 14. The maximum absolute atomic E-state index is 13.1. The number of benzene rings is 3. The zero-order valence-electron chi connectivity index (χ0n) is 31.0. The highest BCUT2D eigenvalue weighted by Gasteiger charge is 2.32. The molecule has 12 heteroatoms. The SMILES string of the molecule is Cc1cc2c(cc1OCCCC(=O)Nc1ccc(-c3cc(C(=O)NCc4ccc(OCCN5CCOCC5)cc4)n(C)c3)cc1)N=C[C@@H]1CCCN1C2=O. The lowest BCUT2D eigenvalue weighted by atomic mass is 10.1. The number of hydrogen-bond donors (Lipinski definition) is 2. The van der Waals surface area contributed by atoms with E-state index in [4.69, 9.17) is 14.2 Å². The number of aryl methyl sites for hydroxylation is 2. The Morgan fingerprint density at radius 3 is 2.54 bits per heavy atom. The Bertz CT molecular complexity index is 1980. The molecule has 2 fully saturated rings. The van der Waals surface area contributed by atoms with Gasteiger partial charge in [0, 0.05) is 75.9 Å². The lowest BCUT2D eigenvalue weighted by Crippen LogP contribution is -2.38. The lowest BCUT2D eigenvalue weighted by molar-refractivity contribution is -0.116. The van der Waals surface area contributed by atoms with Crippen molar-refractivity contribution in [1.82, 2.24) is 19.7 Å². The Hall–Kier alpha value is -5.46. The van der Waals surface area contributed by atoms with E-state index in [-0.39, 0.29) is 23.8 Å². The third kappa shape index (κ3) is 9.00. The predicted octanol–water partition coefficient (Wildman–Crippen LogP) is 5.76. The van der Waals surface area contributed by atoms with Crippen LogP contribution in [0.1, 0.15) is 57.7 Å². The van der Waals surface area contributed by atoms with Crippen LogP contribution in [0.5, 0.6) is 11.5 Å². The molecule has 3 amide bonds. The number of aliphatic imine (C=N–C) groups is 1. The average molecular weight is 733 g/mol. The molecule has 12 nitrogen and oxygen atoms in total. The summed E-state index contributed by atoms with van der Waals surface area (Å²) >= 11 is 0. The van der Waals surface area contributed by atoms with Crippen molar-refractivity contribution in [2.45, 2.75) is 45.2 Å². The second-order valence-electron chi connectivity index (χ2n) is 14.1. The van der Waals surface area contributed by atoms with Crippen molar-refractivity contribution < 1.29 is 28.6 Å². The van der Waals surface area contributed by atoms with E-state index in [1.165, 1.54) is 0 Å². The number of amides is 3. The van der Waals surface area contributed by atoms with Gasteiger partial charge in [-0.1, -0.05) is 24.3 Å². The molecule has 0 radical (unpaired) electrons. The Kier molecular flexibility index (Phi) is 11.7. The fraction of sp³-hybridized carbons (Fsp3) is 0.381. The molecule has 2 saturated heterocycles. The average Bonchev–Trinajstić information content (AvgIpc) is 3.80. The van der Waals surface area contributed by atoms with Crippen LogP contribution in [0.15, 0.2) is 77.9 Å². The van der Waals surface area contributed by atoms with E-state index in [0.29, 0.717) is 61.0 Å². The summed E-state index contributed by atoms with van der Waals surface area (Å²) in [5.74, 6) is 1.24. The molecule has 282 valence electrons. The van der Waals surface area contributed by atoms with Gasteiger partial charge in [0.1, 0.15) is 23.8 Å². The highest BCUT2D eigenvalue weighted by molar-refractivity contribution is 6.03. The molecular formula is C42H48N6O6. The third-order valence-corrected chi connectivity index (χ3v) is 10.2. The van der Waals surface area contributed by atoms with Crippen LogP contribution in [0.3, 0.4) is 0 Å². The number of carbonyl (C=O) groups is 3. The minimum Gasteiger partial charge on any atom is -0.493 e. The van der Waals surface area contributed by atoms with Crippen molar-refractivity contribution in [3.05, 3.63) is 95.3 Å². The molecule has 0 bridgehead atoms. The number of morpholine rings is 1. The van der Waals surface area contributed by atoms with Gasteiger partial charge in [-0.3, -0.25) is 24.3 Å². The first-order chi connectivity index (χ1) is 26.3. The lowest BCUT2D eigenvalue weighted by Gasteiger charge is -2.26. The largest absolute Gasteiger partial charge is 0.493 e. The van der Waals surface area contributed by atoms with Crippen molar-refractivity contribution in [3.63, 3.8) is 0 Å². The Balaban J connectivity index is 0.840. The molecule has 2 N–H and O–H groups in total. The van der Waals surface area contributed by atoms with E-state index < -0.39 is 0 Å². The van der Waals surface area contributed by atoms with Gasteiger partial charge in [0.25, 0.3) is 11.8 Å². The van der Waals surface area contributed by atoms with Crippen LogP contribution in [-0.4, -0.2) is 97.0 Å². The van der Waals surface area contributed by atoms with Crippen LogP contribution in [-0.2, 0) is 23.1 Å². The van der Waals surface area contributed by atoms with Gasteiger partial charge in [-0.05, 0) is 79.3 Å². The maximum atomic E-state index is 13.1. The van der Waals surface area contributed by atoms with Crippen LogP contribution >= 0.6 is 0 Å². The molecule has 3 aromatic carbocycles. The van der Waals surface area contributed by atoms with Crippen molar-refractivity contribution in [2.24, 2.45) is 12.0 Å². The van der Waals surface area contributed by atoms with Gasteiger partial charge in [0.2, 0.25) is 5.91 Å². The third-order valence-electron chi connectivity index (χ3n) is 10.2. The van der Waals surface area contributed by atoms with Gasteiger partial charge in [0.05, 0.1) is 37.1 Å². The molecule has 0 saturated carbocycles. The first-order valence-electron chi connectivity index (χ1n) is 18.8. The van der Waals surface area contributed by atoms with Crippen LogP contribution in [0, 0.1) is 6.92 Å². The molecule has 0 spiro atoms. The number of aromatic nitrogens is 1. The summed E-state index contributed by atoms with van der Waals surface area (Å²) in [5.41, 5.74) is 6.17. The Labute approximate surface area is 316 Å². The number of carbonyl (C=O) groups excluding carboxylic acids is 3. The van der Waals surface area contributed by atoms with Crippen molar-refractivity contribution >= 4 is 35.3 Å². The van der Waals surface area contributed by atoms with Gasteiger partial charge in [0.15, 0.2) is 0 Å². The highest BCUT2D eigenvalue weighted by atomic mass is 16.5. The van der Waals surface area contributed by atoms with Gasteiger partial charge in [-0.25, -0.2) is 0 Å². The molecule has 1 aromatic heterocycles. The molecule has 0 unspecified atom stereocenters. The number of anilines is 1. The summed E-state index contributed by atoms with van der Waals surface area (Å²) in [4.78, 5) is 47.7. The van der Waals surface area contributed by atoms with Gasteiger partial charge >= 0.3 is 0 Å². The highest BCUT2D eigenvalue weighted by Crippen LogP contribution is 2.34. The molecule has 54 heavy (non-hydrogen) atoms. The van der Waals surface area contributed by atoms with Crippen molar-refractivity contribution in [2.75, 3.05) is 57.9 Å². The number of nitrogens with one attached hydrogen (secondary N) is 2. The zero-order valence-corrected chi connectivity index (χ0v) is 31.0. The van der Waals surface area contributed by atoms with E-state index in [0.717, 1.165) is 80.2 Å². The van der Waals surface area contributed by atoms with E-state index in [1.807, 2.05) is 103 Å².